The first-order valence-corrected chi connectivity index (χ1v) is 6.11. The van der Waals surface area contributed by atoms with Gasteiger partial charge in [-0.15, -0.1) is 0 Å². The molecule has 0 aromatic carbocycles. The average molecular weight is 236 g/mol. The third kappa shape index (κ3) is 2.80. The lowest BCUT2D eigenvalue weighted by molar-refractivity contribution is 0.290. The van der Waals surface area contributed by atoms with E-state index in [9.17, 15) is 8.42 Å². The highest BCUT2D eigenvalue weighted by Gasteiger charge is 2.28. The molecule has 1 aliphatic rings. The van der Waals surface area contributed by atoms with E-state index in [0.717, 1.165) is 0 Å². The highest BCUT2D eigenvalue weighted by Crippen LogP contribution is 2.18. The minimum atomic E-state index is -3.34. The predicted molar refractivity (Wildman–Crippen MR) is 55.7 cm³/mol. The van der Waals surface area contributed by atoms with Crippen molar-refractivity contribution in [2.45, 2.75) is 12.8 Å². The number of hydrogen-bond acceptors (Lipinski definition) is 4. The molecule has 1 fully saturated rings. The van der Waals surface area contributed by atoms with Crippen molar-refractivity contribution in [3.05, 3.63) is 0 Å². The van der Waals surface area contributed by atoms with Crippen LogP contribution in [0.1, 0.15) is 12.8 Å². The van der Waals surface area contributed by atoms with Crippen LogP contribution in [0.4, 0.5) is 0 Å². The average Bonchev–Trinajstić information content (AvgIpc) is 2.28. The van der Waals surface area contributed by atoms with Gasteiger partial charge in [-0.25, -0.2) is 4.72 Å². The van der Waals surface area contributed by atoms with Gasteiger partial charge in [0.25, 0.3) is 10.2 Å². The Morgan fingerprint density at radius 1 is 1.53 bits per heavy atom. The zero-order valence-corrected chi connectivity index (χ0v) is 9.37. The molecule has 0 unspecified atom stereocenters. The standard InChI is InChI=1S/C7H16N4O3S/c1-9-15(13,14)11-4-2-6(3-5-11)7(8)10-12/h6,9,12H,2-5H2,1H3,(H2,8,10). The zero-order valence-electron chi connectivity index (χ0n) is 8.55. The third-order valence-electron chi connectivity index (χ3n) is 2.59. The van der Waals surface area contributed by atoms with E-state index in [1.165, 1.54) is 11.4 Å². The summed E-state index contributed by atoms with van der Waals surface area (Å²) >= 11 is 0. The van der Waals surface area contributed by atoms with Crippen LogP contribution < -0.4 is 10.5 Å². The van der Waals surface area contributed by atoms with Crippen molar-refractivity contribution < 1.29 is 13.6 Å². The molecule has 0 radical (unpaired) electrons. The number of oxime groups is 1. The van der Waals surface area contributed by atoms with Gasteiger partial charge >= 0.3 is 0 Å². The summed E-state index contributed by atoms with van der Waals surface area (Å²) in [7, 11) is -1.96. The molecule has 0 amide bonds. The molecule has 1 aliphatic heterocycles. The summed E-state index contributed by atoms with van der Waals surface area (Å²) in [4.78, 5) is 0. The molecule has 1 saturated heterocycles. The summed E-state index contributed by atoms with van der Waals surface area (Å²) in [5, 5.41) is 11.4. The highest BCUT2D eigenvalue weighted by atomic mass is 32.2. The fourth-order valence-electron chi connectivity index (χ4n) is 1.60. The minimum Gasteiger partial charge on any atom is -0.409 e. The van der Waals surface area contributed by atoms with Crippen molar-refractivity contribution in [2.75, 3.05) is 20.1 Å². The summed E-state index contributed by atoms with van der Waals surface area (Å²) in [6.07, 6.45) is 1.16. The van der Waals surface area contributed by atoms with Gasteiger partial charge in [-0.05, 0) is 12.8 Å². The van der Waals surface area contributed by atoms with Crippen molar-refractivity contribution in [1.82, 2.24) is 9.03 Å². The summed E-state index contributed by atoms with van der Waals surface area (Å²) in [6, 6.07) is 0. The van der Waals surface area contributed by atoms with Crippen LogP contribution in [-0.4, -0.2) is 43.9 Å². The predicted octanol–water partition coefficient (Wildman–Crippen LogP) is -1.09. The quantitative estimate of drug-likeness (QED) is 0.250. The van der Waals surface area contributed by atoms with Crippen LogP contribution in [0.3, 0.4) is 0 Å². The SMILES string of the molecule is CNS(=O)(=O)N1CCC(C(N)=NO)CC1. The molecule has 88 valence electrons. The summed E-state index contributed by atoms with van der Waals surface area (Å²) < 4.78 is 26.4. The molecular weight excluding hydrogens is 220 g/mol. The number of rotatable bonds is 3. The molecule has 1 heterocycles. The first kappa shape index (κ1) is 12.2. The van der Waals surface area contributed by atoms with Gasteiger partial charge in [0.1, 0.15) is 5.84 Å². The van der Waals surface area contributed by atoms with Crippen LogP contribution in [0.5, 0.6) is 0 Å². The molecule has 8 heteroatoms. The second-order valence-electron chi connectivity index (χ2n) is 3.41. The number of piperidine rings is 1. The molecule has 15 heavy (non-hydrogen) atoms. The summed E-state index contributed by atoms with van der Waals surface area (Å²) in [6.45, 7) is 0.786. The van der Waals surface area contributed by atoms with Crippen molar-refractivity contribution in [3.63, 3.8) is 0 Å². The normalized spacial score (nSPS) is 21.8. The van der Waals surface area contributed by atoms with E-state index in [0.29, 0.717) is 25.9 Å². The van der Waals surface area contributed by atoms with Gasteiger partial charge in [0.2, 0.25) is 0 Å². The number of hydrogen-bond donors (Lipinski definition) is 3. The Labute approximate surface area is 89.1 Å². The highest BCUT2D eigenvalue weighted by molar-refractivity contribution is 7.87. The van der Waals surface area contributed by atoms with Crippen LogP contribution in [0.15, 0.2) is 5.16 Å². The molecule has 0 saturated carbocycles. The van der Waals surface area contributed by atoms with Crippen molar-refractivity contribution in [1.29, 1.82) is 0 Å². The molecule has 1 rings (SSSR count). The van der Waals surface area contributed by atoms with E-state index in [4.69, 9.17) is 10.9 Å². The summed E-state index contributed by atoms with van der Waals surface area (Å²) in [5.41, 5.74) is 5.45. The Hall–Kier alpha value is -0.860. The van der Waals surface area contributed by atoms with Crippen LogP contribution >= 0.6 is 0 Å². The third-order valence-corrected chi connectivity index (χ3v) is 4.15. The largest absolute Gasteiger partial charge is 0.409 e. The van der Waals surface area contributed by atoms with Gasteiger partial charge in [-0.1, -0.05) is 5.16 Å². The fourth-order valence-corrected chi connectivity index (χ4v) is 2.55. The molecule has 0 atom stereocenters. The number of nitrogens with zero attached hydrogens (tertiary/aromatic N) is 2. The zero-order chi connectivity index (χ0) is 11.5. The summed E-state index contributed by atoms with van der Waals surface area (Å²) in [5.74, 6) is 0.148. The van der Waals surface area contributed by atoms with Gasteiger partial charge < -0.3 is 10.9 Å². The van der Waals surface area contributed by atoms with Crippen LogP contribution in [0, 0.1) is 5.92 Å². The van der Waals surface area contributed by atoms with Crippen molar-refractivity contribution in [2.24, 2.45) is 16.8 Å². The molecule has 0 aromatic heterocycles. The van der Waals surface area contributed by atoms with Gasteiger partial charge in [0.05, 0.1) is 0 Å². The maximum absolute atomic E-state index is 11.4. The first-order chi connectivity index (χ1) is 7.01. The van der Waals surface area contributed by atoms with E-state index in [1.807, 2.05) is 0 Å². The van der Waals surface area contributed by atoms with E-state index in [1.54, 1.807) is 0 Å². The lowest BCUT2D eigenvalue weighted by Crippen LogP contribution is -2.45. The molecule has 0 aromatic rings. The first-order valence-electron chi connectivity index (χ1n) is 4.67. The monoisotopic (exact) mass is 236 g/mol. The lowest BCUT2D eigenvalue weighted by Gasteiger charge is -2.29. The maximum Gasteiger partial charge on any atom is 0.279 e. The van der Waals surface area contributed by atoms with Gasteiger partial charge in [0.15, 0.2) is 0 Å². The van der Waals surface area contributed by atoms with Crippen LogP contribution in [0.25, 0.3) is 0 Å². The Balaban J connectivity index is 2.57. The van der Waals surface area contributed by atoms with Crippen molar-refractivity contribution >= 4 is 16.0 Å². The topological polar surface area (TPSA) is 108 Å². The number of nitrogens with two attached hydrogens (primary N) is 1. The Bertz CT molecular complexity index is 332. The van der Waals surface area contributed by atoms with E-state index in [-0.39, 0.29) is 11.8 Å². The van der Waals surface area contributed by atoms with E-state index < -0.39 is 10.2 Å². The van der Waals surface area contributed by atoms with Gasteiger partial charge in [-0.3, -0.25) is 0 Å². The molecule has 0 aliphatic carbocycles. The second kappa shape index (κ2) is 4.77. The smallest absolute Gasteiger partial charge is 0.279 e. The maximum atomic E-state index is 11.4. The lowest BCUT2D eigenvalue weighted by atomic mass is 9.97. The second-order valence-corrected chi connectivity index (χ2v) is 5.28. The number of amidine groups is 1. The van der Waals surface area contributed by atoms with Crippen LogP contribution in [0.2, 0.25) is 0 Å². The van der Waals surface area contributed by atoms with E-state index >= 15 is 0 Å². The van der Waals surface area contributed by atoms with Gasteiger partial charge in [-0.2, -0.15) is 12.7 Å². The Kier molecular flexibility index (Phi) is 3.89. The minimum absolute atomic E-state index is 0.0293. The van der Waals surface area contributed by atoms with Gasteiger partial charge in [0, 0.05) is 26.1 Å². The number of nitrogens with one attached hydrogen (secondary N) is 1. The Morgan fingerprint density at radius 3 is 2.47 bits per heavy atom. The molecular formula is C7H16N4O3S. The van der Waals surface area contributed by atoms with E-state index in [2.05, 4.69) is 9.88 Å². The van der Waals surface area contributed by atoms with Crippen molar-refractivity contribution in [3.8, 4) is 0 Å². The van der Waals surface area contributed by atoms with Crippen LogP contribution in [-0.2, 0) is 10.2 Å². The molecule has 0 bridgehead atoms. The molecule has 4 N–H and O–H groups in total. The molecule has 0 spiro atoms. The fraction of sp³-hybridized carbons (Fsp3) is 0.857. The Morgan fingerprint density at radius 2 is 2.07 bits per heavy atom. The molecule has 7 nitrogen and oxygen atoms in total.